The Kier molecular flexibility index (Phi) is 58.9. The van der Waals surface area contributed by atoms with Crippen LogP contribution >= 0.6 is 0 Å². The average Bonchev–Trinajstić information content (AvgIpc) is 3.44. The minimum Gasteiger partial charge on any atom is -0.545 e. The van der Waals surface area contributed by atoms with Crippen LogP contribution in [0.1, 0.15) is 271 Å². The molecule has 0 heterocycles. The molecule has 0 saturated carbocycles. The van der Waals surface area contributed by atoms with Crippen LogP contribution in [-0.2, 0) is 33.3 Å². The lowest BCUT2D eigenvalue weighted by molar-refractivity contribution is -0.870. The summed E-state index contributed by atoms with van der Waals surface area (Å²) in [4.78, 5) is 37.4. The lowest BCUT2D eigenvalue weighted by Crippen LogP contribution is -2.44. The molecular formula is C72H123NO8. The third-order valence-corrected chi connectivity index (χ3v) is 14.0. The summed E-state index contributed by atoms with van der Waals surface area (Å²) in [6.07, 6.45) is 83.1. The summed E-state index contributed by atoms with van der Waals surface area (Å²) in [6, 6.07) is 0. The summed E-state index contributed by atoms with van der Waals surface area (Å²) >= 11 is 0. The van der Waals surface area contributed by atoms with Crippen LogP contribution < -0.4 is 5.11 Å². The van der Waals surface area contributed by atoms with Gasteiger partial charge in [-0.25, -0.2) is 0 Å². The van der Waals surface area contributed by atoms with E-state index in [1.165, 1.54) is 154 Å². The Morgan fingerprint density at radius 3 is 1.09 bits per heavy atom. The van der Waals surface area contributed by atoms with Gasteiger partial charge in [0.15, 0.2) is 12.4 Å². The third-order valence-electron chi connectivity index (χ3n) is 14.0. The van der Waals surface area contributed by atoms with Crippen LogP contribution in [0.4, 0.5) is 0 Å². The number of hydrogen-bond acceptors (Lipinski definition) is 8. The topological polar surface area (TPSA) is 111 Å². The maximum atomic E-state index is 12.9. The Hall–Kier alpha value is -4.05. The van der Waals surface area contributed by atoms with E-state index in [2.05, 4.69) is 123 Å². The van der Waals surface area contributed by atoms with Gasteiger partial charge in [0.05, 0.1) is 40.3 Å². The zero-order chi connectivity index (χ0) is 59.1. The number of carbonyl (C=O) groups is 3. The SMILES string of the molecule is CC/C=C\C/C=C\C/C=C\C/C=C\C/C=C\C/C=C\C/C=C\C/C=C\CCCCC(=O)OC(COC(=O)CCCCCCCCCCCCCCCCCCC/C=C\CCCCCCCCCC)COC(OCC[N+](C)(C)C)C(=O)[O-]. The van der Waals surface area contributed by atoms with Crippen LogP contribution in [-0.4, -0.2) is 82.3 Å². The predicted octanol–water partition coefficient (Wildman–Crippen LogP) is 18.9. The quantitative estimate of drug-likeness (QED) is 0.0195. The summed E-state index contributed by atoms with van der Waals surface area (Å²) in [6.45, 7) is 4.60. The number of aliphatic carboxylic acids is 1. The molecule has 0 bridgehead atoms. The lowest BCUT2D eigenvalue weighted by Gasteiger charge is -2.26. The van der Waals surface area contributed by atoms with Gasteiger partial charge in [-0.15, -0.1) is 0 Å². The van der Waals surface area contributed by atoms with E-state index in [0.29, 0.717) is 17.4 Å². The van der Waals surface area contributed by atoms with Crippen LogP contribution in [0.3, 0.4) is 0 Å². The second kappa shape index (κ2) is 62.0. The van der Waals surface area contributed by atoms with Crippen molar-refractivity contribution in [1.29, 1.82) is 0 Å². The number of hydrogen-bond donors (Lipinski definition) is 0. The number of unbranched alkanes of at least 4 members (excludes halogenated alkanes) is 27. The van der Waals surface area contributed by atoms with E-state index in [0.717, 1.165) is 83.5 Å². The summed E-state index contributed by atoms with van der Waals surface area (Å²) in [5.74, 6) is -2.34. The van der Waals surface area contributed by atoms with Gasteiger partial charge < -0.3 is 33.3 Å². The number of carboxylic acids is 1. The highest BCUT2D eigenvalue weighted by atomic mass is 16.7. The van der Waals surface area contributed by atoms with Gasteiger partial charge in [-0.05, 0) is 103 Å². The molecule has 0 amide bonds. The van der Waals surface area contributed by atoms with Gasteiger partial charge in [0.2, 0.25) is 0 Å². The Balaban J connectivity index is 4.24. The van der Waals surface area contributed by atoms with E-state index in [-0.39, 0.29) is 38.6 Å². The molecule has 0 N–H and O–H groups in total. The van der Waals surface area contributed by atoms with Crippen molar-refractivity contribution in [2.75, 3.05) is 47.5 Å². The maximum Gasteiger partial charge on any atom is 0.306 e. The smallest absolute Gasteiger partial charge is 0.306 e. The molecule has 0 aromatic rings. The normalized spacial score (nSPS) is 13.4. The fraction of sp³-hybridized carbons (Fsp3) is 0.708. The predicted molar refractivity (Wildman–Crippen MR) is 343 cm³/mol. The van der Waals surface area contributed by atoms with Gasteiger partial charge in [0.25, 0.3) is 0 Å². The molecule has 0 rings (SSSR count). The molecule has 0 fully saturated rings. The first kappa shape index (κ1) is 77.0. The van der Waals surface area contributed by atoms with Crippen molar-refractivity contribution < 1.29 is 42.9 Å². The van der Waals surface area contributed by atoms with E-state index in [9.17, 15) is 19.5 Å². The fourth-order valence-electron chi connectivity index (χ4n) is 8.96. The number of rotatable bonds is 60. The Morgan fingerprint density at radius 2 is 0.704 bits per heavy atom. The maximum absolute atomic E-state index is 12.9. The number of nitrogens with zero attached hydrogens (tertiary/aromatic N) is 1. The second-order valence-electron chi connectivity index (χ2n) is 23.0. The molecule has 2 atom stereocenters. The molecule has 2 unspecified atom stereocenters. The first-order valence-corrected chi connectivity index (χ1v) is 33.0. The molecule has 9 heteroatoms. The molecule has 0 aromatic heterocycles. The van der Waals surface area contributed by atoms with E-state index in [1.54, 1.807) is 0 Å². The Bertz CT molecular complexity index is 1700. The minimum atomic E-state index is -1.64. The summed E-state index contributed by atoms with van der Waals surface area (Å²) in [7, 11) is 5.91. The number of quaternary nitrogens is 1. The van der Waals surface area contributed by atoms with Crippen molar-refractivity contribution in [3.63, 3.8) is 0 Å². The van der Waals surface area contributed by atoms with Gasteiger partial charge >= 0.3 is 11.9 Å². The largest absolute Gasteiger partial charge is 0.545 e. The fourth-order valence-corrected chi connectivity index (χ4v) is 8.96. The molecule has 0 aliphatic rings. The van der Waals surface area contributed by atoms with Crippen LogP contribution in [0.2, 0.25) is 0 Å². The molecule has 0 aliphatic carbocycles. The second-order valence-corrected chi connectivity index (χ2v) is 23.0. The molecule has 9 nitrogen and oxygen atoms in total. The summed E-state index contributed by atoms with van der Waals surface area (Å²) in [5.41, 5.74) is 0. The standard InChI is InChI=1S/C72H123NO8/c1-6-8-10-12-14-16-18-20-22-24-26-28-30-32-34-35-37-38-40-42-44-46-48-50-52-54-56-58-60-62-69(74)79-66-68(67-80-72(71(76)77)78-65-64-73(3,4)5)81-70(75)63-61-59-57-55-53-51-49-47-45-43-41-39-36-33-31-29-27-25-23-21-19-17-15-13-11-9-7-2/h9,11,15,17,21,23-24,26-27,29,33,36,41,43,47,49,53,55,68,72H,6-8,10,12-14,16,18-20,22,25,28,30-32,34-35,37-40,42,44-46,48,50-52,54,56-67H2,1-5H3/b11-9-,17-15-,23-21-,26-24-,29-27-,36-33-,43-41-,49-47-,55-53-. The highest BCUT2D eigenvalue weighted by Crippen LogP contribution is 2.16. The van der Waals surface area contributed by atoms with Crippen LogP contribution in [0, 0.1) is 0 Å². The van der Waals surface area contributed by atoms with E-state index >= 15 is 0 Å². The van der Waals surface area contributed by atoms with Gasteiger partial charge in [-0.1, -0.05) is 264 Å². The molecule has 0 spiro atoms. The molecular weight excluding hydrogens is 1010 g/mol. The third kappa shape index (κ3) is 63.4. The van der Waals surface area contributed by atoms with Crippen molar-refractivity contribution in [1.82, 2.24) is 0 Å². The number of carbonyl (C=O) groups excluding carboxylic acids is 3. The van der Waals surface area contributed by atoms with E-state index < -0.39 is 24.3 Å². The number of allylic oxidation sites excluding steroid dienone is 18. The van der Waals surface area contributed by atoms with Gasteiger partial charge in [-0.3, -0.25) is 9.59 Å². The molecule has 464 valence electrons. The molecule has 0 aromatic carbocycles. The zero-order valence-electron chi connectivity index (χ0n) is 52.9. The molecule has 0 radical (unpaired) electrons. The first-order chi connectivity index (χ1) is 39.6. The van der Waals surface area contributed by atoms with Crippen molar-refractivity contribution in [3.05, 3.63) is 109 Å². The van der Waals surface area contributed by atoms with Crippen LogP contribution in [0.15, 0.2) is 109 Å². The highest BCUT2D eigenvalue weighted by molar-refractivity contribution is 5.70. The van der Waals surface area contributed by atoms with Crippen molar-refractivity contribution in [2.24, 2.45) is 0 Å². The van der Waals surface area contributed by atoms with Gasteiger partial charge in [-0.2, -0.15) is 0 Å². The van der Waals surface area contributed by atoms with Crippen LogP contribution in [0.5, 0.6) is 0 Å². The summed E-state index contributed by atoms with van der Waals surface area (Å²) in [5, 5.41) is 11.8. The minimum absolute atomic E-state index is 0.134. The van der Waals surface area contributed by atoms with E-state index in [4.69, 9.17) is 18.9 Å². The summed E-state index contributed by atoms with van der Waals surface area (Å²) < 4.78 is 22.7. The lowest BCUT2D eigenvalue weighted by atomic mass is 10.0. The number of ether oxygens (including phenoxy) is 4. The highest BCUT2D eigenvalue weighted by Gasteiger charge is 2.22. The van der Waals surface area contributed by atoms with E-state index in [1.807, 2.05) is 21.1 Å². The van der Waals surface area contributed by atoms with Crippen molar-refractivity contribution in [3.8, 4) is 0 Å². The zero-order valence-corrected chi connectivity index (χ0v) is 52.9. The number of likely N-dealkylation sites (N-methyl/N-ethyl adjacent to an activating group) is 1. The number of carboxylic acid groups (broad SMARTS) is 1. The molecule has 0 aliphatic heterocycles. The Morgan fingerprint density at radius 1 is 0.383 bits per heavy atom. The number of esters is 2. The molecule has 81 heavy (non-hydrogen) atoms. The van der Waals surface area contributed by atoms with Crippen molar-refractivity contribution in [2.45, 2.75) is 283 Å². The Labute approximate surface area is 498 Å². The monoisotopic (exact) mass is 1130 g/mol. The van der Waals surface area contributed by atoms with Gasteiger partial charge in [0, 0.05) is 12.8 Å². The van der Waals surface area contributed by atoms with Crippen molar-refractivity contribution >= 4 is 17.9 Å². The molecule has 0 saturated heterocycles. The average molecular weight is 1130 g/mol. The van der Waals surface area contributed by atoms with Gasteiger partial charge in [0.1, 0.15) is 13.2 Å². The van der Waals surface area contributed by atoms with Crippen LogP contribution in [0.25, 0.3) is 0 Å². The first-order valence-electron chi connectivity index (χ1n) is 33.0.